The lowest BCUT2D eigenvalue weighted by atomic mass is 10.1. The Hall–Kier alpha value is -1.79. The van der Waals surface area contributed by atoms with E-state index in [1.807, 2.05) is 26.8 Å². The normalized spacial score (nSPS) is 11.3. The molecule has 5 nitrogen and oxygen atoms in total. The summed E-state index contributed by atoms with van der Waals surface area (Å²) in [5.41, 5.74) is 0.984. The molecule has 0 atom stereocenters. The lowest BCUT2D eigenvalue weighted by Crippen LogP contribution is -2.46. The first-order chi connectivity index (χ1) is 10.7. The van der Waals surface area contributed by atoms with E-state index < -0.39 is 0 Å². The van der Waals surface area contributed by atoms with Gasteiger partial charge in [0.2, 0.25) is 5.91 Å². The van der Waals surface area contributed by atoms with Crippen LogP contribution >= 0.6 is 22.9 Å². The van der Waals surface area contributed by atoms with E-state index in [-0.39, 0.29) is 23.9 Å². The molecule has 0 aliphatic carbocycles. The Bertz CT molecular complexity index is 715. The zero-order valence-corrected chi connectivity index (χ0v) is 15.1. The number of hydrogen-bond donors (Lipinski definition) is 2. The topological polar surface area (TPSA) is 65.2 Å². The quantitative estimate of drug-likeness (QED) is 0.884. The van der Waals surface area contributed by atoms with E-state index in [4.69, 9.17) is 11.6 Å². The van der Waals surface area contributed by atoms with E-state index in [0.29, 0.717) is 9.90 Å². The van der Waals surface area contributed by atoms with Gasteiger partial charge in [-0.3, -0.25) is 9.59 Å². The highest BCUT2D eigenvalue weighted by Crippen LogP contribution is 2.33. The van der Waals surface area contributed by atoms with Crippen LogP contribution in [0.3, 0.4) is 0 Å². The molecule has 0 aliphatic rings. The number of nitrogens with one attached hydrogen (secondary N) is 2. The molecule has 2 heterocycles. The van der Waals surface area contributed by atoms with Crippen LogP contribution in [0.15, 0.2) is 24.5 Å². The fraction of sp³-hybridized carbons (Fsp3) is 0.375. The zero-order chi connectivity index (χ0) is 17.2. The molecule has 0 aliphatic heterocycles. The maximum absolute atomic E-state index is 12.6. The number of amides is 2. The maximum Gasteiger partial charge on any atom is 0.256 e. The molecule has 2 N–H and O–H groups in total. The third-order valence-electron chi connectivity index (χ3n) is 3.06. The predicted molar refractivity (Wildman–Crippen MR) is 94.0 cm³/mol. The van der Waals surface area contributed by atoms with Crippen LogP contribution in [0.4, 0.5) is 0 Å². The summed E-state index contributed by atoms with van der Waals surface area (Å²) < 4.78 is 0.664. The molecule has 2 rings (SSSR count). The van der Waals surface area contributed by atoms with Gasteiger partial charge in [0.1, 0.15) is 0 Å². The minimum absolute atomic E-state index is 0.00587. The second kappa shape index (κ2) is 6.76. The second-order valence-corrected chi connectivity index (χ2v) is 8.06. The van der Waals surface area contributed by atoms with Gasteiger partial charge in [0, 0.05) is 35.4 Å². The van der Waals surface area contributed by atoms with E-state index in [9.17, 15) is 9.59 Å². The van der Waals surface area contributed by atoms with Gasteiger partial charge in [-0.05, 0) is 32.9 Å². The van der Waals surface area contributed by atoms with Crippen molar-refractivity contribution in [2.45, 2.75) is 26.3 Å². The van der Waals surface area contributed by atoms with Crippen LogP contribution < -0.4 is 5.32 Å². The minimum Gasteiger partial charge on any atom is -0.366 e. The highest BCUT2D eigenvalue weighted by Gasteiger charge is 2.22. The molecule has 0 unspecified atom stereocenters. The number of thiophene rings is 1. The maximum atomic E-state index is 12.6. The summed E-state index contributed by atoms with van der Waals surface area (Å²) in [6, 6.07) is 3.67. The molecule has 0 fully saturated rings. The fourth-order valence-electron chi connectivity index (χ4n) is 2.15. The van der Waals surface area contributed by atoms with Gasteiger partial charge >= 0.3 is 0 Å². The van der Waals surface area contributed by atoms with Gasteiger partial charge in [-0.15, -0.1) is 11.3 Å². The average Bonchev–Trinajstić information content (AvgIpc) is 3.03. The van der Waals surface area contributed by atoms with Crippen molar-refractivity contribution in [3.8, 4) is 10.4 Å². The molecule has 124 valence electrons. The number of rotatable bonds is 4. The number of H-pyrrole nitrogens is 1. The summed E-state index contributed by atoms with van der Waals surface area (Å²) in [5, 5.41) is 2.84. The van der Waals surface area contributed by atoms with Gasteiger partial charge in [0.25, 0.3) is 5.91 Å². The standard InChI is InChI=1S/C16H20ClN3O2S/c1-16(2,3)19-14(21)9-20(4)15(22)11-8-18-7-10(11)12-5-6-13(17)23-12/h5-8,18H,9H2,1-4H3,(H,19,21). The van der Waals surface area contributed by atoms with Crippen molar-refractivity contribution >= 4 is 34.8 Å². The molecule has 2 aromatic heterocycles. The summed E-state index contributed by atoms with van der Waals surface area (Å²) in [6.45, 7) is 5.71. The van der Waals surface area contributed by atoms with Gasteiger partial charge in [0.15, 0.2) is 0 Å². The van der Waals surface area contributed by atoms with Crippen molar-refractivity contribution in [2.24, 2.45) is 0 Å². The summed E-state index contributed by atoms with van der Waals surface area (Å²) in [7, 11) is 1.61. The molecule has 2 amide bonds. The Kier molecular flexibility index (Phi) is 5.16. The Balaban J connectivity index is 2.12. The number of aromatic amines is 1. The largest absolute Gasteiger partial charge is 0.366 e. The number of hydrogen-bond acceptors (Lipinski definition) is 3. The second-order valence-electron chi connectivity index (χ2n) is 6.35. The molecule has 0 bridgehead atoms. The van der Waals surface area contributed by atoms with Crippen LogP contribution in [0, 0.1) is 0 Å². The van der Waals surface area contributed by atoms with Crippen LogP contribution in [-0.2, 0) is 4.79 Å². The lowest BCUT2D eigenvalue weighted by Gasteiger charge is -2.23. The Labute approximate surface area is 144 Å². The molecule has 0 saturated carbocycles. The monoisotopic (exact) mass is 353 g/mol. The van der Waals surface area contributed by atoms with Crippen LogP contribution in [-0.4, -0.2) is 40.8 Å². The van der Waals surface area contributed by atoms with E-state index in [2.05, 4.69) is 10.3 Å². The third-order valence-corrected chi connectivity index (χ3v) is 4.32. The lowest BCUT2D eigenvalue weighted by molar-refractivity contribution is -0.122. The van der Waals surface area contributed by atoms with Gasteiger partial charge < -0.3 is 15.2 Å². The van der Waals surface area contributed by atoms with Gasteiger partial charge in [-0.1, -0.05) is 11.6 Å². The first kappa shape index (κ1) is 17.6. The third kappa shape index (κ3) is 4.59. The fourth-order valence-corrected chi connectivity index (χ4v) is 3.23. The van der Waals surface area contributed by atoms with Crippen molar-refractivity contribution in [3.05, 3.63) is 34.4 Å². The number of carbonyl (C=O) groups is 2. The van der Waals surface area contributed by atoms with Crippen LogP contribution in [0.5, 0.6) is 0 Å². The molecule has 0 saturated heterocycles. The molecule has 2 aromatic rings. The Morgan fingerprint density at radius 3 is 2.57 bits per heavy atom. The van der Waals surface area contributed by atoms with Crippen molar-refractivity contribution in [3.63, 3.8) is 0 Å². The van der Waals surface area contributed by atoms with E-state index >= 15 is 0 Å². The van der Waals surface area contributed by atoms with Gasteiger partial charge in [-0.25, -0.2) is 0 Å². The Morgan fingerprint density at radius 1 is 1.30 bits per heavy atom. The highest BCUT2D eigenvalue weighted by molar-refractivity contribution is 7.19. The van der Waals surface area contributed by atoms with Crippen LogP contribution in [0.25, 0.3) is 10.4 Å². The molecule has 23 heavy (non-hydrogen) atoms. The van der Waals surface area contributed by atoms with Crippen molar-refractivity contribution in [2.75, 3.05) is 13.6 Å². The summed E-state index contributed by atoms with van der Waals surface area (Å²) in [5.74, 6) is -0.403. The minimum atomic E-state index is -0.325. The number of carbonyl (C=O) groups excluding carboxylic acids is 2. The summed E-state index contributed by atoms with van der Waals surface area (Å²) in [4.78, 5) is 29.8. The van der Waals surface area contributed by atoms with E-state index in [1.54, 1.807) is 25.5 Å². The molecule has 0 radical (unpaired) electrons. The van der Waals surface area contributed by atoms with Gasteiger partial charge in [0.05, 0.1) is 16.4 Å². The average molecular weight is 354 g/mol. The number of aromatic nitrogens is 1. The van der Waals surface area contributed by atoms with Crippen molar-refractivity contribution in [1.29, 1.82) is 0 Å². The number of nitrogens with zero attached hydrogens (tertiary/aromatic N) is 1. The number of likely N-dealkylation sites (N-methyl/N-ethyl adjacent to an activating group) is 1. The van der Waals surface area contributed by atoms with Crippen LogP contribution in [0.1, 0.15) is 31.1 Å². The smallest absolute Gasteiger partial charge is 0.256 e. The summed E-state index contributed by atoms with van der Waals surface area (Å²) >= 11 is 7.37. The van der Waals surface area contributed by atoms with Gasteiger partial charge in [-0.2, -0.15) is 0 Å². The molecule has 0 aromatic carbocycles. The summed E-state index contributed by atoms with van der Waals surface area (Å²) in [6.07, 6.45) is 3.40. The zero-order valence-electron chi connectivity index (χ0n) is 13.6. The molecular weight excluding hydrogens is 334 g/mol. The van der Waals surface area contributed by atoms with Crippen molar-refractivity contribution in [1.82, 2.24) is 15.2 Å². The van der Waals surface area contributed by atoms with Crippen molar-refractivity contribution < 1.29 is 9.59 Å². The van der Waals surface area contributed by atoms with E-state index in [0.717, 1.165) is 10.4 Å². The SMILES string of the molecule is CN(CC(=O)NC(C)(C)C)C(=O)c1c[nH]cc1-c1ccc(Cl)s1. The highest BCUT2D eigenvalue weighted by atomic mass is 35.5. The Morgan fingerprint density at radius 2 is 2.00 bits per heavy atom. The molecule has 7 heteroatoms. The predicted octanol–water partition coefficient (Wildman–Crippen LogP) is 3.38. The van der Waals surface area contributed by atoms with Crippen LogP contribution in [0.2, 0.25) is 4.34 Å². The van der Waals surface area contributed by atoms with E-state index in [1.165, 1.54) is 16.2 Å². The first-order valence-corrected chi connectivity index (χ1v) is 8.36. The molecular formula is C16H20ClN3O2S. The first-order valence-electron chi connectivity index (χ1n) is 7.16. The molecule has 0 spiro atoms. The number of halogens is 1.